The molecule has 0 unspecified atom stereocenters. The van der Waals surface area contributed by atoms with Crippen LogP contribution in [-0.2, 0) is 9.53 Å². The molecule has 0 fully saturated rings. The first kappa shape index (κ1) is 23.4. The smallest absolute Gasteiger partial charge is 0.328 e. The Labute approximate surface area is 188 Å². The van der Waals surface area contributed by atoms with Crippen LogP contribution in [0.25, 0.3) is 11.4 Å². The Bertz CT molecular complexity index is 1130. The Morgan fingerprint density at radius 2 is 1.55 bits per heavy atom. The molecule has 0 bridgehead atoms. The zero-order chi connectivity index (χ0) is 24.0. The number of hydrogen-bond donors (Lipinski definition) is 3. The van der Waals surface area contributed by atoms with Crippen LogP contribution in [0.15, 0.2) is 53.1 Å². The molecule has 1 atom stereocenters. The Morgan fingerprint density at radius 3 is 2.09 bits per heavy atom. The highest BCUT2D eigenvalue weighted by Crippen LogP contribution is 2.19. The van der Waals surface area contributed by atoms with Gasteiger partial charge in [-0.2, -0.15) is 4.98 Å². The molecule has 11 heteroatoms. The molecule has 0 aliphatic rings. The quantitative estimate of drug-likeness (QED) is 0.464. The Hall–Kier alpha value is -4.28. The van der Waals surface area contributed by atoms with Crippen LogP contribution in [0.5, 0.6) is 0 Å². The molecule has 3 N–H and O–H groups in total. The van der Waals surface area contributed by atoms with Crippen LogP contribution < -0.4 is 16.0 Å². The maximum absolute atomic E-state index is 12.9. The maximum atomic E-state index is 12.9. The number of urea groups is 1. The third-order valence-corrected chi connectivity index (χ3v) is 4.53. The van der Waals surface area contributed by atoms with Crippen LogP contribution in [0.3, 0.4) is 0 Å². The minimum Gasteiger partial charge on any atom is -0.467 e. The third-order valence-electron chi connectivity index (χ3n) is 4.53. The van der Waals surface area contributed by atoms with Crippen LogP contribution in [0.1, 0.15) is 24.5 Å². The van der Waals surface area contributed by atoms with Crippen molar-refractivity contribution in [1.29, 1.82) is 0 Å². The first-order valence-electron chi connectivity index (χ1n) is 9.93. The second kappa shape index (κ2) is 10.4. The maximum Gasteiger partial charge on any atom is 0.328 e. The molecule has 0 radical (unpaired) electrons. The average molecular weight is 455 g/mol. The van der Waals surface area contributed by atoms with Crippen molar-refractivity contribution in [2.24, 2.45) is 5.92 Å². The van der Waals surface area contributed by atoms with E-state index in [1.165, 1.54) is 31.4 Å². The van der Waals surface area contributed by atoms with Gasteiger partial charge in [0.1, 0.15) is 11.9 Å². The van der Waals surface area contributed by atoms with Gasteiger partial charge in [0.15, 0.2) is 0 Å². The minimum atomic E-state index is -0.857. The van der Waals surface area contributed by atoms with E-state index in [4.69, 9.17) is 9.26 Å². The fourth-order valence-corrected chi connectivity index (χ4v) is 2.79. The second-order valence-electron chi connectivity index (χ2n) is 7.30. The number of esters is 1. The summed E-state index contributed by atoms with van der Waals surface area (Å²) >= 11 is 0. The molecule has 10 nitrogen and oxygen atoms in total. The highest BCUT2D eigenvalue weighted by molar-refractivity contribution is 5.99. The van der Waals surface area contributed by atoms with Gasteiger partial charge >= 0.3 is 23.8 Å². The summed E-state index contributed by atoms with van der Waals surface area (Å²) in [4.78, 5) is 40.3. The van der Waals surface area contributed by atoms with E-state index in [1.54, 1.807) is 38.1 Å². The monoisotopic (exact) mass is 455 g/mol. The van der Waals surface area contributed by atoms with Crippen molar-refractivity contribution in [3.8, 4) is 11.4 Å². The fraction of sp³-hybridized carbons (Fsp3) is 0.227. The number of ether oxygens (including phenoxy) is 1. The van der Waals surface area contributed by atoms with E-state index in [0.29, 0.717) is 16.9 Å². The van der Waals surface area contributed by atoms with E-state index < -0.39 is 29.8 Å². The van der Waals surface area contributed by atoms with E-state index in [0.717, 1.165) is 0 Å². The predicted molar refractivity (Wildman–Crippen MR) is 117 cm³/mol. The van der Waals surface area contributed by atoms with Gasteiger partial charge in [0.2, 0.25) is 5.82 Å². The number of carbonyl (C=O) groups is 3. The third kappa shape index (κ3) is 6.12. The Morgan fingerprint density at radius 1 is 0.970 bits per heavy atom. The highest BCUT2D eigenvalue weighted by Gasteiger charge is 2.27. The van der Waals surface area contributed by atoms with Gasteiger partial charge in [-0.3, -0.25) is 4.79 Å². The standard InChI is InChI=1S/C22H22FN5O5/c1-12(2)17(21(30)32-3)26-19(29)20-27-18(28-33-20)13-4-8-15(9-5-13)24-22(31)25-16-10-6-14(23)7-11-16/h4-12,17H,1-3H3,(H,26,29)(H2,24,25,31)/t17-/m0/s1. The number of hydrogen-bond acceptors (Lipinski definition) is 7. The summed E-state index contributed by atoms with van der Waals surface area (Å²) in [5.74, 6) is -2.04. The molecule has 0 aliphatic heterocycles. The van der Waals surface area contributed by atoms with Crippen molar-refractivity contribution in [1.82, 2.24) is 15.5 Å². The van der Waals surface area contributed by atoms with E-state index in [1.807, 2.05) is 0 Å². The SMILES string of the molecule is COC(=O)[C@@H](NC(=O)c1nc(-c2ccc(NC(=O)Nc3ccc(F)cc3)cc2)no1)C(C)C. The predicted octanol–water partition coefficient (Wildman–Crippen LogP) is 3.45. The van der Waals surface area contributed by atoms with Gasteiger partial charge in [0, 0.05) is 16.9 Å². The van der Waals surface area contributed by atoms with Gasteiger partial charge < -0.3 is 25.2 Å². The van der Waals surface area contributed by atoms with Gasteiger partial charge in [0.25, 0.3) is 0 Å². The highest BCUT2D eigenvalue weighted by atomic mass is 19.1. The lowest BCUT2D eigenvalue weighted by Gasteiger charge is -2.18. The summed E-state index contributed by atoms with van der Waals surface area (Å²) in [5.41, 5.74) is 1.46. The number of nitrogens with one attached hydrogen (secondary N) is 3. The second-order valence-corrected chi connectivity index (χ2v) is 7.30. The van der Waals surface area contributed by atoms with E-state index in [9.17, 15) is 18.8 Å². The lowest BCUT2D eigenvalue weighted by molar-refractivity contribution is -0.144. The Kier molecular flexibility index (Phi) is 7.34. The largest absolute Gasteiger partial charge is 0.467 e. The zero-order valence-electron chi connectivity index (χ0n) is 18.1. The van der Waals surface area contributed by atoms with Crippen molar-refractivity contribution >= 4 is 29.3 Å². The van der Waals surface area contributed by atoms with Crippen molar-refractivity contribution < 1.29 is 28.0 Å². The lowest BCUT2D eigenvalue weighted by Crippen LogP contribution is -2.45. The minimum absolute atomic E-state index is 0.154. The zero-order valence-corrected chi connectivity index (χ0v) is 18.1. The molecule has 1 aromatic heterocycles. The molecule has 0 saturated carbocycles. The summed E-state index contributed by atoms with van der Waals surface area (Å²) in [7, 11) is 1.24. The number of halogens is 1. The van der Waals surface area contributed by atoms with E-state index in [2.05, 4.69) is 26.1 Å². The topological polar surface area (TPSA) is 135 Å². The Balaban J connectivity index is 1.62. The normalized spacial score (nSPS) is 11.5. The first-order chi connectivity index (χ1) is 15.8. The summed E-state index contributed by atoms with van der Waals surface area (Å²) in [5, 5.41) is 11.5. The molecule has 172 valence electrons. The fourth-order valence-electron chi connectivity index (χ4n) is 2.79. The first-order valence-corrected chi connectivity index (χ1v) is 9.93. The van der Waals surface area contributed by atoms with Gasteiger partial charge in [-0.05, 0) is 54.4 Å². The average Bonchev–Trinajstić information content (AvgIpc) is 3.29. The summed E-state index contributed by atoms with van der Waals surface area (Å²) in [6.07, 6.45) is 0. The molecule has 3 aromatic rings. The van der Waals surface area contributed by atoms with Crippen molar-refractivity contribution in [3.63, 3.8) is 0 Å². The van der Waals surface area contributed by atoms with Crippen LogP contribution in [-0.4, -0.2) is 41.2 Å². The summed E-state index contributed by atoms with van der Waals surface area (Å²) in [6, 6.07) is 10.5. The number of rotatable bonds is 7. The molecule has 1 heterocycles. The summed E-state index contributed by atoms with van der Waals surface area (Å²) < 4.78 is 22.6. The van der Waals surface area contributed by atoms with Gasteiger partial charge in [0.05, 0.1) is 7.11 Å². The number of nitrogens with zero attached hydrogens (tertiary/aromatic N) is 2. The molecule has 2 aromatic carbocycles. The van der Waals surface area contributed by atoms with Gasteiger partial charge in [-0.15, -0.1) is 0 Å². The summed E-state index contributed by atoms with van der Waals surface area (Å²) in [6.45, 7) is 3.52. The molecule has 33 heavy (non-hydrogen) atoms. The van der Waals surface area contributed by atoms with Crippen molar-refractivity contribution in [2.75, 3.05) is 17.7 Å². The number of methoxy groups -OCH3 is 1. The number of carbonyl (C=O) groups excluding carboxylic acids is 3. The number of anilines is 2. The molecule has 0 spiro atoms. The molecular weight excluding hydrogens is 433 g/mol. The molecule has 3 rings (SSSR count). The number of benzene rings is 2. The lowest BCUT2D eigenvalue weighted by atomic mass is 10.0. The van der Waals surface area contributed by atoms with E-state index >= 15 is 0 Å². The van der Waals surface area contributed by atoms with Crippen LogP contribution >= 0.6 is 0 Å². The molecule has 3 amide bonds. The van der Waals surface area contributed by atoms with Crippen LogP contribution in [0, 0.1) is 11.7 Å². The molecule has 0 aliphatic carbocycles. The molecular formula is C22H22FN5O5. The number of aromatic nitrogens is 2. The van der Waals surface area contributed by atoms with E-state index in [-0.39, 0.29) is 17.6 Å². The van der Waals surface area contributed by atoms with Gasteiger partial charge in [-0.1, -0.05) is 19.0 Å². The number of amides is 3. The van der Waals surface area contributed by atoms with Crippen molar-refractivity contribution in [2.45, 2.75) is 19.9 Å². The van der Waals surface area contributed by atoms with Gasteiger partial charge in [-0.25, -0.2) is 14.0 Å². The molecule has 0 saturated heterocycles. The van der Waals surface area contributed by atoms with Crippen molar-refractivity contribution in [3.05, 3.63) is 60.2 Å². The van der Waals surface area contributed by atoms with Crippen LogP contribution in [0.4, 0.5) is 20.6 Å². The van der Waals surface area contributed by atoms with Crippen LogP contribution in [0.2, 0.25) is 0 Å².